The second kappa shape index (κ2) is 19.5. The molecule has 0 saturated carbocycles. The molecule has 1 saturated heterocycles. The van der Waals surface area contributed by atoms with Gasteiger partial charge in [-0.2, -0.15) is 0 Å². The summed E-state index contributed by atoms with van der Waals surface area (Å²) >= 11 is 0. The van der Waals surface area contributed by atoms with Gasteiger partial charge in [0.15, 0.2) is 0 Å². The van der Waals surface area contributed by atoms with Crippen molar-refractivity contribution in [3.8, 4) is 0 Å². The number of amides is 3. The summed E-state index contributed by atoms with van der Waals surface area (Å²) in [5.74, 6) is -3.32. The molecule has 1 heterocycles. The van der Waals surface area contributed by atoms with Gasteiger partial charge in [0, 0.05) is 26.2 Å². The molecule has 2 aromatic rings. The van der Waals surface area contributed by atoms with Crippen molar-refractivity contribution < 1.29 is 37.9 Å². The number of rotatable bonds is 20. The molecule has 0 radical (unpaired) electrons. The Bertz CT molecular complexity index is 1330. The van der Waals surface area contributed by atoms with Crippen LogP contribution in [-0.2, 0) is 46.0 Å². The van der Waals surface area contributed by atoms with Crippen molar-refractivity contribution in [1.82, 2.24) is 26.2 Å². The monoisotopic (exact) mass is 687 g/mol. The van der Waals surface area contributed by atoms with Crippen LogP contribution in [0, 0.1) is 5.92 Å². The molecule has 0 aliphatic carbocycles. The average Bonchev–Trinajstić information content (AvgIpc) is 3.50. The Kier molecular flexibility index (Phi) is 15.9. The van der Waals surface area contributed by atoms with Crippen LogP contribution in [0.3, 0.4) is 0 Å². The maximum Gasteiger partial charge on any atom is 0.348 e. The molecule has 1 fully saturated rings. The molecule has 1 aliphatic heterocycles. The Morgan fingerprint density at radius 1 is 0.938 bits per heavy atom. The number of carboxylic acid groups (broad SMARTS) is 1. The van der Waals surface area contributed by atoms with Crippen LogP contribution >= 0.6 is 7.60 Å². The van der Waals surface area contributed by atoms with E-state index in [9.17, 15) is 23.7 Å². The molecule has 3 rings (SSSR count). The smallest absolute Gasteiger partial charge is 0.348 e. The highest BCUT2D eigenvalue weighted by molar-refractivity contribution is 7.54. The van der Waals surface area contributed by atoms with Crippen LogP contribution in [0.25, 0.3) is 0 Å². The van der Waals surface area contributed by atoms with E-state index in [0.29, 0.717) is 32.4 Å². The van der Waals surface area contributed by atoms with Gasteiger partial charge in [0.1, 0.15) is 5.78 Å². The van der Waals surface area contributed by atoms with E-state index in [2.05, 4.69) is 21.3 Å². The lowest BCUT2D eigenvalue weighted by atomic mass is 10.0. The van der Waals surface area contributed by atoms with Gasteiger partial charge in [-0.15, -0.1) is 0 Å². The fourth-order valence-electron chi connectivity index (χ4n) is 5.52. The maximum absolute atomic E-state index is 14.4. The molecule has 2 aromatic carbocycles. The Morgan fingerprint density at radius 2 is 1.52 bits per heavy atom. The molecular weight excluding hydrogens is 637 g/mol. The first-order chi connectivity index (χ1) is 22.9. The molecule has 1 unspecified atom stereocenters. The number of nitrogens with one attached hydrogen (secondary N) is 4. The number of carbonyl (C=O) groups excluding carboxylic acids is 3. The fraction of sp³-hybridized carbons (Fsp3) is 0.529. The number of hydrogen-bond acceptors (Lipinski definition) is 10. The van der Waals surface area contributed by atoms with E-state index in [1.807, 2.05) is 86.3 Å². The predicted octanol–water partition coefficient (Wildman–Crippen LogP) is 3.25. The van der Waals surface area contributed by atoms with Crippen LogP contribution < -0.4 is 21.3 Å². The highest BCUT2D eigenvalue weighted by Gasteiger charge is 2.38. The number of likely N-dealkylation sites (tertiary alicyclic amines) is 1. The minimum atomic E-state index is -3.85. The van der Waals surface area contributed by atoms with Gasteiger partial charge in [-0.25, -0.2) is 0 Å². The molecule has 48 heavy (non-hydrogen) atoms. The van der Waals surface area contributed by atoms with Crippen LogP contribution in [0.5, 0.6) is 0 Å². The van der Waals surface area contributed by atoms with Gasteiger partial charge in [0.05, 0.1) is 38.3 Å². The first-order valence-corrected chi connectivity index (χ1v) is 18.0. The molecule has 3 amide bonds. The minimum Gasteiger partial charge on any atom is -0.481 e. The second-order valence-corrected chi connectivity index (χ2v) is 14.6. The van der Waals surface area contributed by atoms with E-state index in [-0.39, 0.29) is 38.1 Å². The Labute approximate surface area is 283 Å². The second-order valence-electron chi connectivity index (χ2n) is 12.4. The summed E-state index contributed by atoms with van der Waals surface area (Å²) in [6, 6.07) is 16.7. The van der Waals surface area contributed by atoms with Crippen LogP contribution in [0.4, 0.5) is 0 Å². The number of imide groups is 1. The van der Waals surface area contributed by atoms with Gasteiger partial charge in [0.25, 0.3) is 0 Å². The van der Waals surface area contributed by atoms with Crippen molar-refractivity contribution in [2.24, 2.45) is 5.92 Å². The number of benzene rings is 2. The van der Waals surface area contributed by atoms with Crippen molar-refractivity contribution in [3.05, 3.63) is 71.8 Å². The van der Waals surface area contributed by atoms with E-state index < -0.39 is 49.2 Å². The topological polar surface area (TPSA) is 175 Å². The average molecular weight is 688 g/mol. The number of hydrogen-bond donors (Lipinski definition) is 5. The molecule has 14 heteroatoms. The molecule has 0 bridgehead atoms. The summed E-state index contributed by atoms with van der Waals surface area (Å²) in [6.45, 7) is 6.72. The summed E-state index contributed by atoms with van der Waals surface area (Å²) in [6.07, 6.45) is 0.936. The third kappa shape index (κ3) is 12.9. The molecule has 5 N–H and O–H groups in total. The third-order valence-electron chi connectivity index (χ3n) is 7.97. The molecule has 4 atom stereocenters. The van der Waals surface area contributed by atoms with Gasteiger partial charge >= 0.3 is 13.6 Å². The number of carbonyl (C=O) groups is 4. The van der Waals surface area contributed by atoms with E-state index in [4.69, 9.17) is 14.2 Å². The predicted molar refractivity (Wildman–Crippen MR) is 182 cm³/mol. The summed E-state index contributed by atoms with van der Waals surface area (Å²) in [4.78, 5) is 51.7. The molecule has 264 valence electrons. The van der Waals surface area contributed by atoms with Gasteiger partial charge in [0.2, 0.25) is 17.7 Å². The highest BCUT2D eigenvalue weighted by atomic mass is 31.2. The molecule has 0 aromatic heterocycles. The van der Waals surface area contributed by atoms with Crippen LogP contribution in [0.2, 0.25) is 0 Å². The van der Waals surface area contributed by atoms with E-state index in [1.54, 1.807) is 0 Å². The number of carboxylic acids is 1. The fourth-order valence-corrected chi connectivity index (χ4v) is 7.42. The zero-order chi connectivity index (χ0) is 35.1. The normalized spacial score (nSPS) is 17.1. The molecule has 0 spiro atoms. The lowest BCUT2D eigenvalue weighted by Crippen LogP contribution is -2.52. The zero-order valence-electron chi connectivity index (χ0n) is 28.2. The van der Waals surface area contributed by atoms with Crippen LogP contribution in [0.1, 0.15) is 57.6 Å². The lowest BCUT2D eigenvalue weighted by molar-refractivity contribution is -0.140. The van der Waals surface area contributed by atoms with Gasteiger partial charge in [-0.05, 0) is 36.3 Å². The first kappa shape index (κ1) is 39.0. The Morgan fingerprint density at radius 3 is 2.02 bits per heavy atom. The van der Waals surface area contributed by atoms with Crippen molar-refractivity contribution in [2.45, 2.75) is 83.6 Å². The van der Waals surface area contributed by atoms with E-state index in [1.165, 1.54) is 7.05 Å². The van der Waals surface area contributed by atoms with E-state index >= 15 is 0 Å². The standard InChI is InChI=1S/C34H50N5O8P/c1-5-31(48(45,46-22-25-12-8-6-9-13-25)47-23-26-14-10-7-11-15-26)37-28(18-24(2)3)34(44)38-30(40)21-39-17-16-27(20-39)36-29(19-32(41)42)33(43)35-4/h6-15,24,27-29,31,36-37H,5,16-23H2,1-4H3,(H,35,43)(H,41,42)(H,38,40,44)/t27?,28-,29-,31+/m0/s1. The maximum atomic E-state index is 14.4. The van der Waals surface area contributed by atoms with Crippen molar-refractivity contribution in [2.75, 3.05) is 26.7 Å². The summed E-state index contributed by atoms with van der Waals surface area (Å²) in [5.41, 5.74) is 1.65. The van der Waals surface area contributed by atoms with Gasteiger partial charge < -0.3 is 24.8 Å². The Balaban J connectivity index is 1.66. The summed E-state index contributed by atoms with van der Waals surface area (Å²) in [5, 5.41) is 20.4. The van der Waals surface area contributed by atoms with Crippen molar-refractivity contribution in [3.63, 3.8) is 0 Å². The van der Waals surface area contributed by atoms with Crippen molar-refractivity contribution >= 4 is 31.3 Å². The molecular formula is C34H50N5O8P. The molecule has 13 nitrogen and oxygen atoms in total. The number of aliphatic carboxylic acids is 1. The molecule has 1 aliphatic rings. The number of nitrogens with zero attached hydrogens (tertiary/aromatic N) is 1. The van der Waals surface area contributed by atoms with Gasteiger partial charge in [-0.1, -0.05) is 81.4 Å². The Hall–Kier alpha value is -3.45. The summed E-state index contributed by atoms with van der Waals surface area (Å²) in [7, 11) is -2.41. The third-order valence-corrected chi connectivity index (χ3v) is 10.2. The zero-order valence-corrected chi connectivity index (χ0v) is 29.1. The van der Waals surface area contributed by atoms with E-state index in [0.717, 1.165) is 11.1 Å². The summed E-state index contributed by atoms with van der Waals surface area (Å²) < 4.78 is 26.5. The number of likely N-dealkylation sites (N-methyl/N-ethyl adjacent to an activating group) is 1. The largest absolute Gasteiger partial charge is 0.481 e. The lowest BCUT2D eigenvalue weighted by Gasteiger charge is -2.31. The van der Waals surface area contributed by atoms with Gasteiger partial charge in [-0.3, -0.25) is 39.3 Å². The SMILES string of the molecule is CC[C@H](N[C@@H](CC(C)C)C(=O)NC(=O)CN1CCC(N[C@@H](CC(=O)O)C(=O)NC)C1)P(=O)(OCc1ccccc1)OCc1ccccc1. The van der Waals surface area contributed by atoms with Crippen LogP contribution in [-0.4, -0.2) is 84.3 Å². The van der Waals surface area contributed by atoms with Crippen LogP contribution in [0.15, 0.2) is 60.7 Å². The highest BCUT2D eigenvalue weighted by Crippen LogP contribution is 2.54. The quantitative estimate of drug-likeness (QED) is 0.129. The van der Waals surface area contributed by atoms with Crippen molar-refractivity contribution in [1.29, 1.82) is 0 Å². The minimum absolute atomic E-state index is 0.0521. The first-order valence-electron chi connectivity index (χ1n) is 16.4.